The molecule has 4 rings (SSSR count). The Labute approximate surface area is 118 Å². The number of aromatic nitrogens is 1. The van der Waals surface area contributed by atoms with Crippen molar-refractivity contribution in [1.29, 1.82) is 0 Å². The average Bonchev–Trinajstić information content (AvgIpc) is 2.75. The summed E-state index contributed by atoms with van der Waals surface area (Å²) in [5.41, 5.74) is 10.9. The lowest BCUT2D eigenvalue weighted by Crippen LogP contribution is -2.45. The largest absolute Gasteiger partial charge is 0.351 e. The van der Waals surface area contributed by atoms with Crippen molar-refractivity contribution in [2.75, 3.05) is 6.54 Å². The number of amides is 2. The van der Waals surface area contributed by atoms with E-state index < -0.39 is 0 Å². The molecule has 0 radical (unpaired) electrons. The number of hydrogen-bond donors (Lipinski definition) is 1. The summed E-state index contributed by atoms with van der Waals surface area (Å²) in [6, 6.07) is 6.58. The fraction of sp³-hybridized carbons (Fsp3) is 0.438. The Hall–Kier alpha value is -1.97. The predicted octanol–water partition coefficient (Wildman–Crippen LogP) is 2.72. The van der Waals surface area contributed by atoms with Gasteiger partial charge in [0.2, 0.25) is 0 Å². The van der Waals surface area contributed by atoms with E-state index in [1.165, 1.54) is 27.7 Å². The van der Waals surface area contributed by atoms with Gasteiger partial charge in [-0.15, -0.1) is 0 Å². The van der Waals surface area contributed by atoms with E-state index in [0.29, 0.717) is 0 Å². The highest BCUT2D eigenvalue weighted by Crippen LogP contribution is 2.42. The summed E-state index contributed by atoms with van der Waals surface area (Å²) in [7, 11) is 0. The van der Waals surface area contributed by atoms with Crippen LogP contribution >= 0.6 is 0 Å². The van der Waals surface area contributed by atoms with Crippen LogP contribution in [0.2, 0.25) is 0 Å². The maximum absolute atomic E-state index is 11.7. The molecule has 0 saturated heterocycles. The fourth-order valence-electron chi connectivity index (χ4n) is 3.98. The van der Waals surface area contributed by atoms with Crippen molar-refractivity contribution >= 4 is 16.9 Å². The van der Waals surface area contributed by atoms with Crippen LogP contribution in [0.4, 0.5) is 4.79 Å². The lowest BCUT2D eigenvalue weighted by molar-refractivity contribution is 0.155. The number of hydrogen-bond acceptors (Lipinski definition) is 1. The van der Waals surface area contributed by atoms with E-state index in [9.17, 15) is 4.79 Å². The number of rotatable bonds is 0. The fourth-order valence-corrected chi connectivity index (χ4v) is 3.98. The standard InChI is InChI=1S/C16H19N3O/c1-10-5-6-13-12(9-10)11-3-2-4-14-15(11)18(13)7-8-19(14)16(17)20/h5-6,9,14H,2-4,7-8H2,1H3,(H2,17,20)/t14-/m0/s1. The minimum absolute atomic E-state index is 0.178. The van der Waals surface area contributed by atoms with Gasteiger partial charge in [0.05, 0.1) is 6.04 Å². The predicted molar refractivity (Wildman–Crippen MR) is 78.6 cm³/mol. The number of benzene rings is 1. The SMILES string of the molecule is Cc1ccc2c(c1)c1c3n2CCN(C(N)=O)[C@H]3CCC1. The maximum atomic E-state index is 11.7. The van der Waals surface area contributed by atoms with Crippen LogP contribution in [0.1, 0.15) is 35.7 Å². The third-order valence-electron chi connectivity index (χ3n) is 4.81. The van der Waals surface area contributed by atoms with Crippen molar-refractivity contribution in [3.05, 3.63) is 35.0 Å². The van der Waals surface area contributed by atoms with Crippen LogP contribution in [-0.4, -0.2) is 22.0 Å². The number of carbonyl (C=O) groups excluding carboxylic acids is 1. The van der Waals surface area contributed by atoms with Crippen LogP contribution in [0.15, 0.2) is 18.2 Å². The van der Waals surface area contributed by atoms with Crippen LogP contribution in [0.3, 0.4) is 0 Å². The number of primary amides is 1. The summed E-state index contributed by atoms with van der Waals surface area (Å²) in [5, 5.41) is 1.37. The van der Waals surface area contributed by atoms with E-state index >= 15 is 0 Å². The van der Waals surface area contributed by atoms with E-state index in [0.717, 1.165) is 32.4 Å². The van der Waals surface area contributed by atoms with Crippen molar-refractivity contribution in [2.45, 2.75) is 38.8 Å². The molecule has 0 unspecified atom stereocenters. The molecule has 104 valence electrons. The molecule has 1 aliphatic carbocycles. The zero-order valence-corrected chi connectivity index (χ0v) is 11.7. The van der Waals surface area contributed by atoms with Gasteiger partial charge in [0.15, 0.2) is 0 Å². The van der Waals surface area contributed by atoms with Gasteiger partial charge < -0.3 is 15.2 Å². The summed E-state index contributed by atoms with van der Waals surface area (Å²) < 4.78 is 2.41. The first-order chi connectivity index (χ1) is 9.66. The highest BCUT2D eigenvalue weighted by molar-refractivity contribution is 5.87. The third-order valence-corrected chi connectivity index (χ3v) is 4.81. The van der Waals surface area contributed by atoms with Gasteiger partial charge in [0.1, 0.15) is 0 Å². The first kappa shape index (κ1) is 11.8. The molecule has 1 aliphatic heterocycles. The second-order valence-electron chi connectivity index (χ2n) is 5.98. The van der Waals surface area contributed by atoms with Gasteiger partial charge in [-0.2, -0.15) is 0 Å². The molecule has 0 spiro atoms. The van der Waals surface area contributed by atoms with Gasteiger partial charge in [-0.25, -0.2) is 4.79 Å². The monoisotopic (exact) mass is 269 g/mol. The number of aryl methyl sites for hydroxylation is 2. The van der Waals surface area contributed by atoms with E-state index in [4.69, 9.17) is 5.73 Å². The third kappa shape index (κ3) is 1.45. The number of nitrogens with zero attached hydrogens (tertiary/aromatic N) is 2. The Balaban J connectivity index is 2.00. The molecule has 1 aromatic carbocycles. The highest BCUT2D eigenvalue weighted by atomic mass is 16.2. The van der Waals surface area contributed by atoms with Crippen LogP contribution in [0.5, 0.6) is 0 Å². The molecule has 2 N–H and O–H groups in total. The molecule has 4 nitrogen and oxygen atoms in total. The second-order valence-corrected chi connectivity index (χ2v) is 5.98. The Morgan fingerprint density at radius 2 is 2.20 bits per heavy atom. The molecule has 0 bridgehead atoms. The molecule has 1 atom stereocenters. The lowest BCUT2D eigenvalue weighted by Gasteiger charge is -2.38. The summed E-state index contributed by atoms with van der Waals surface area (Å²) in [6.07, 6.45) is 3.28. The molecule has 2 aliphatic rings. The van der Waals surface area contributed by atoms with Crippen molar-refractivity contribution in [3.8, 4) is 0 Å². The molecule has 20 heavy (non-hydrogen) atoms. The molecule has 4 heteroatoms. The van der Waals surface area contributed by atoms with Gasteiger partial charge in [-0.1, -0.05) is 11.6 Å². The Morgan fingerprint density at radius 1 is 1.35 bits per heavy atom. The first-order valence-corrected chi connectivity index (χ1v) is 7.34. The number of carbonyl (C=O) groups is 1. The van der Waals surface area contributed by atoms with Crippen molar-refractivity contribution in [2.24, 2.45) is 5.73 Å². The van der Waals surface area contributed by atoms with E-state index in [-0.39, 0.29) is 12.1 Å². The van der Waals surface area contributed by atoms with Crippen LogP contribution in [-0.2, 0) is 13.0 Å². The Morgan fingerprint density at radius 3 is 3.00 bits per heavy atom. The molecule has 0 fully saturated rings. The van der Waals surface area contributed by atoms with E-state index in [1.54, 1.807) is 0 Å². The summed E-state index contributed by atoms with van der Waals surface area (Å²) in [4.78, 5) is 13.5. The lowest BCUT2D eigenvalue weighted by atomic mass is 9.89. The van der Waals surface area contributed by atoms with Gasteiger partial charge in [-0.3, -0.25) is 0 Å². The van der Waals surface area contributed by atoms with Crippen LogP contribution < -0.4 is 5.73 Å². The molecular formula is C16H19N3O. The van der Waals surface area contributed by atoms with E-state index in [2.05, 4.69) is 29.7 Å². The Kier molecular flexibility index (Phi) is 2.37. The molecule has 2 aromatic rings. The zero-order chi connectivity index (χ0) is 13.9. The quantitative estimate of drug-likeness (QED) is 0.785. The number of fused-ring (bicyclic) bond motifs is 3. The molecule has 1 aromatic heterocycles. The number of urea groups is 1. The minimum Gasteiger partial charge on any atom is -0.351 e. The minimum atomic E-state index is -0.282. The number of nitrogens with two attached hydrogens (primary N) is 1. The van der Waals surface area contributed by atoms with Crippen molar-refractivity contribution in [1.82, 2.24) is 9.47 Å². The average molecular weight is 269 g/mol. The molecule has 2 heterocycles. The Bertz CT molecular complexity index is 716. The summed E-state index contributed by atoms with van der Waals surface area (Å²) >= 11 is 0. The molecule has 0 saturated carbocycles. The van der Waals surface area contributed by atoms with Gasteiger partial charge in [0, 0.05) is 29.7 Å². The van der Waals surface area contributed by atoms with E-state index in [1.807, 2.05) is 4.90 Å². The maximum Gasteiger partial charge on any atom is 0.315 e. The van der Waals surface area contributed by atoms with Gasteiger partial charge >= 0.3 is 6.03 Å². The van der Waals surface area contributed by atoms with Crippen LogP contribution in [0, 0.1) is 6.92 Å². The normalized spacial score (nSPS) is 21.1. The summed E-state index contributed by atoms with van der Waals surface area (Å²) in [6.45, 7) is 3.72. The topological polar surface area (TPSA) is 51.3 Å². The molecular weight excluding hydrogens is 250 g/mol. The first-order valence-electron chi connectivity index (χ1n) is 7.34. The smallest absolute Gasteiger partial charge is 0.315 e. The zero-order valence-electron chi connectivity index (χ0n) is 11.7. The van der Waals surface area contributed by atoms with Gasteiger partial charge in [0.25, 0.3) is 0 Å². The summed E-state index contributed by atoms with van der Waals surface area (Å²) in [5.74, 6) is 0. The van der Waals surface area contributed by atoms with Crippen molar-refractivity contribution in [3.63, 3.8) is 0 Å². The highest BCUT2D eigenvalue weighted by Gasteiger charge is 2.36. The van der Waals surface area contributed by atoms with Crippen molar-refractivity contribution < 1.29 is 4.79 Å². The van der Waals surface area contributed by atoms with Gasteiger partial charge in [-0.05, 0) is 43.9 Å². The second kappa shape index (κ2) is 4.01. The van der Waals surface area contributed by atoms with Crippen LogP contribution in [0.25, 0.3) is 10.9 Å². The molecule has 2 amide bonds.